The van der Waals surface area contributed by atoms with Crippen LogP contribution in [0.25, 0.3) is 23.0 Å². The first-order chi connectivity index (χ1) is 11.8. The molecule has 0 fully saturated rings. The summed E-state index contributed by atoms with van der Waals surface area (Å²) in [5, 5.41) is 10.6. The quantitative estimate of drug-likeness (QED) is 0.701. The minimum Gasteiger partial charge on any atom is -0.411 e. The van der Waals surface area contributed by atoms with Crippen LogP contribution in [0.4, 0.5) is 13.2 Å². The van der Waals surface area contributed by atoms with E-state index in [1.165, 1.54) is 37.3 Å². The van der Waals surface area contributed by atoms with Gasteiger partial charge in [-0.05, 0) is 12.1 Å². The average molecular weight is 354 g/mol. The maximum Gasteiger partial charge on any atom is 0.471 e. The summed E-state index contributed by atoms with van der Waals surface area (Å²) < 4.78 is 47.0. The number of alkyl halides is 3. The third kappa shape index (κ3) is 3.32. The molecular formula is C13H9F3N6O3. The minimum absolute atomic E-state index is 0.0772. The van der Waals surface area contributed by atoms with E-state index in [2.05, 4.69) is 29.8 Å². The topological polar surface area (TPSA) is 111 Å². The molecule has 3 aromatic rings. The van der Waals surface area contributed by atoms with Crippen LogP contribution in [0.5, 0.6) is 0 Å². The van der Waals surface area contributed by atoms with Crippen LogP contribution in [-0.4, -0.2) is 50.2 Å². The molecule has 0 aliphatic carbocycles. The Labute approximate surface area is 137 Å². The summed E-state index contributed by atoms with van der Waals surface area (Å²) >= 11 is 0. The Kier molecular flexibility index (Phi) is 3.94. The molecule has 12 heteroatoms. The highest BCUT2D eigenvalue weighted by molar-refractivity contribution is 5.89. The van der Waals surface area contributed by atoms with E-state index in [4.69, 9.17) is 4.42 Å². The van der Waals surface area contributed by atoms with Gasteiger partial charge in [0.25, 0.3) is 5.89 Å². The molecule has 3 heterocycles. The van der Waals surface area contributed by atoms with E-state index in [1.807, 2.05) is 0 Å². The third-order valence-corrected chi connectivity index (χ3v) is 2.92. The van der Waals surface area contributed by atoms with Crippen molar-refractivity contribution in [1.29, 1.82) is 0 Å². The van der Waals surface area contributed by atoms with E-state index in [-0.39, 0.29) is 28.9 Å². The van der Waals surface area contributed by atoms with E-state index in [9.17, 15) is 18.0 Å². The third-order valence-electron chi connectivity index (χ3n) is 2.92. The lowest BCUT2D eigenvalue weighted by Gasteiger charge is -2.04. The molecular weight excluding hydrogens is 345 g/mol. The van der Waals surface area contributed by atoms with Gasteiger partial charge in [0, 0.05) is 25.9 Å². The van der Waals surface area contributed by atoms with Crippen LogP contribution in [0.15, 0.2) is 27.3 Å². The van der Waals surface area contributed by atoms with Gasteiger partial charge in [0.15, 0.2) is 0 Å². The Bertz CT molecular complexity index is 918. The second-order valence-corrected chi connectivity index (χ2v) is 4.96. The van der Waals surface area contributed by atoms with Crippen molar-refractivity contribution in [1.82, 2.24) is 30.2 Å². The van der Waals surface area contributed by atoms with Crippen molar-refractivity contribution in [3.63, 3.8) is 0 Å². The molecule has 25 heavy (non-hydrogen) atoms. The molecule has 130 valence electrons. The second kappa shape index (κ2) is 5.96. The maximum atomic E-state index is 12.5. The van der Waals surface area contributed by atoms with Gasteiger partial charge in [-0.15, -0.1) is 10.2 Å². The lowest BCUT2D eigenvalue weighted by molar-refractivity contribution is -0.159. The van der Waals surface area contributed by atoms with Crippen LogP contribution in [0.1, 0.15) is 16.6 Å². The summed E-state index contributed by atoms with van der Waals surface area (Å²) in [4.78, 5) is 20.3. The molecule has 9 nitrogen and oxygen atoms in total. The van der Waals surface area contributed by atoms with Gasteiger partial charge in [0.2, 0.25) is 5.82 Å². The Hall–Kier alpha value is -3.31. The summed E-state index contributed by atoms with van der Waals surface area (Å²) in [7, 11) is 3.03. The van der Waals surface area contributed by atoms with Crippen molar-refractivity contribution >= 4 is 5.91 Å². The van der Waals surface area contributed by atoms with E-state index in [1.54, 1.807) is 0 Å². The largest absolute Gasteiger partial charge is 0.471 e. The zero-order valence-electron chi connectivity index (χ0n) is 12.8. The molecule has 0 aromatic carbocycles. The monoisotopic (exact) mass is 354 g/mol. The molecule has 0 radical (unpaired) electrons. The van der Waals surface area contributed by atoms with Gasteiger partial charge in [-0.2, -0.15) is 18.2 Å². The Morgan fingerprint density at radius 3 is 2.64 bits per heavy atom. The smallest absolute Gasteiger partial charge is 0.411 e. The van der Waals surface area contributed by atoms with Crippen molar-refractivity contribution in [2.75, 3.05) is 14.1 Å². The lowest BCUT2D eigenvalue weighted by atomic mass is 10.2. The highest BCUT2D eigenvalue weighted by atomic mass is 19.4. The van der Waals surface area contributed by atoms with Crippen LogP contribution < -0.4 is 0 Å². The van der Waals surface area contributed by atoms with Crippen LogP contribution in [0.2, 0.25) is 0 Å². The molecule has 0 saturated heterocycles. The molecule has 3 rings (SSSR count). The fraction of sp³-hybridized carbons (Fsp3) is 0.231. The maximum absolute atomic E-state index is 12.5. The normalized spacial score (nSPS) is 11.6. The second-order valence-electron chi connectivity index (χ2n) is 4.96. The van der Waals surface area contributed by atoms with Crippen molar-refractivity contribution < 1.29 is 26.9 Å². The number of pyridine rings is 1. The van der Waals surface area contributed by atoms with Crippen molar-refractivity contribution in [3.8, 4) is 23.0 Å². The molecule has 0 atom stereocenters. The minimum atomic E-state index is -4.74. The molecule has 0 saturated carbocycles. The fourth-order valence-electron chi connectivity index (χ4n) is 1.75. The first-order valence-corrected chi connectivity index (χ1v) is 6.68. The molecule has 0 unspecified atom stereocenters. The van der Waals surface area contributed by atoms with Crippen LogP contribution in [0.3, 0.4) is 0 Å². The molecule has 1 amide bonds. The number of carbonyl (C=O) groups excluding carboxylic acids is 1. The standard InChI is InChI=1S/C13H9F3N6O3/c1-22(2)11(23)10-20-19-9(24-10)7-5-6(3-4-17-7)8-18-12(25-21-8)13(14,15)16/h3-5H,1-2H3. The highest BCUT2D eigenvalue weighted by Crippen LogP contribution is 2.30. The molecule has 0 bridgehead atoms. The number of hydrogen-bond acceptors (Lipinski definition) is 8. The number of rotatable bonds is 3. The molecule has 3 aromatic heterocycles. The summed E-state index contributed by atoms with van der Waals surface area (Å²) in [6, 6.07) is 2.72. The number of halogens is 3. The summed E-state index contributed by atoms with van der Waals surface area (Å²) in [5.41, 5.74) is 0.337. The predicted octanol–water partition coefficient (Wildman–Crippen LogP) is 1.90. The van der Waals surface area contributed by atoms with E-state index in [0.29, 0.717) is 0 Å². The zero-order valence-corrected chi connectivity index (χ0v) is 12.8. The Balaban J connectivity index is 1.92. The van der Waals surface area contributed by atoms with Gasteiger partial charge < -0.3 is 13.8 Å². The predicted molar refractivity (Wildman–Crippen MR) is 73.8 cm³/mol. The summed E-state index contributed by atoms with van der Waals surface area (Å²) in [6.45, 7) is 0. The number of aromatic nitrogens is 5. The van der Waals surface area contributed by atoms with Gasteiger partial charge in [-0.25, -0.2) is 0 Å². The molecule has 0 spiro atoms. The van der Waals surface area contributed by atoms with Gasteiger partial charge in [-0.3, -0.25) is 9.78 Å². The van der Waals surface area contributed by atoms with Crippen molar-refractivity contribution in [2.45, 2.75) is 6.18 Å². The van der Waals surface area contributed by atoms with Gasteiger partial charge in [0.05, 0.1) is 0 Å². The first kappa shape index (κ1) is 16.5. The molecule has 0 N–H and O–H groups in total. The van der Waals surface area contributed by atoms with Crippen LogP contribution in [0, 0.1) is 0 Å². The SMILES string of the molecule is CN(C)C(=O)c1nnc(-c2cc(-c3noc(C(F)(F)F)n3)ccn2)o1. The Morgan fingerprint density at radius 2 is 2.00 bits per heavy atom. The number of amides is 1. The lowest BCUT2D eigenvalue weighted by Crippen LogP contribution is -2.21. The molecule has 0 aliphatic heterocycles. The Morgan fingerprint density at radius 1 is 1.24 bits per heavy atom. The van der Waals surface area contributed by atoms with E-state index < -0.39 is 18.0 Å². The van der Waals surface area contributed by atoms with Gasteiger partial charge >= 0.3 is 23.9 Å². The van der Waals surface area contributed by atoms with Crippen molar-refractivity contribution in [2.24, 2.45) is 0 Å². The van der Waals surface area contributed by atoms with Crippen LogP contribution >= 0.6 is 0 Å². The van der Waals surface area contributed by atoms with Crippen LogP contribution in [-0.2, 0) is 6.18 Å². The van der Waals surface area contributed by atoms with E-state index >= 15 is 0 Å². The number of carbonyl (C=O) groups is 1. The molecule has 0 aliphatic rings. The fourth-order valence-corrected chi connectivity index (χ4v) is 1.75. The highest BCUT2D eigenvalue weighted by Gasteiger charge is 2.38. The van der Waals surface area contributed by atoms with Crippen molar-refractivity contribution in [3.05, 3.63) is 30.1 Å². The van der Waals surface area contributed by atoms with E-state index in [0.717, 1.165) is 0 Å². The van der Waals surface area contributed by atoms with Gasteiger partial charge in [-0.1, -0.05) is 5.16 Å². The average Bonchev–Trinajstić information content (AvgIpc) is 3.23. The number of nitrogens with zero attached hydrogens (tertiary/aromatic N) is 6. The number of hydrogen-bond donors (Lipinski definition) is 0. The summed E-state index contributed by atoms with van der Waals surface area (Å²) in [6.07, 6.45) is -3.44. The summed E-state index contributed by atoms with van der Waals surface area (Å²) in [5.74, 6) is -2.56. The van der Waals surface area contributed by atoms with Gasteiger partial charge in [0.1, 0.15) is 5.69 Å². The zero-order chi connectivity index (χ0) is 18.2. The first-order valence-electron chi connectivity index (χ1n) is 6.68.